The van der Waals surface area contributed by atoms with E-state index in [0.717, 1.165) is 23.3 Å². The van der Waals surface area contributed by atoms with Gasteiger partial charge in [-0.1, -0.05) is 37.6 Å². The van der Waals surface area contributed by atoms with E-state index in [-0.39, 0.29) is 5.78 Å². The summed E-state index contributed by atoms with van der Waals surface area (Å²) in [5.74, 6) is 0.269. The van der Waals surface area contributed by atoms with Gasteiger partial charge >= 0.3 is 0 Å². The van der Waals surface area contributed by atoms with Crippen LogP contribution in [0.3, 0.4) is 0 Å². The number of fused-ring (bicyclic) bond motifs is 1. The highest BCUT2D eigenvalue weighted by Crippen LogP contribution is 2.31. The first-order valence-electron chi connectivity index (χ1n) is 6.44. The van der Waals surface area contributed by atoms with Gasteiger partial charge in [-0.05, 0) is 30.9 Å². The zero-order chi connectivity index (χ0) is 13.0. The number of Topliss-reactive ketones (excluding diaryl/α,β-unsaturated/α-hetero) is 1. The summed E-state index contributed by atoms with van der Waals surface area (Å²) in [7, 11) is 0. The van der Waals surface area contributed by atoms with Crippen LogP contribution in [-0.4, -0.2) is 5.78 Å². The number of ketones is 1. The maximum atomic E-state index is 12.1. The van der Waals surface area contributed by atoms with Crippen LogP contribution in [0.2, 0.25) is 0 Å². The summed E-state index contributed by atoms with van der Waals surface area (Å²) < 4.78 is 1.25. The van der Waals surface area contributed by atoms with E-state index in [1.165, 1.54) is 10.1 Å². The first kappa shape index (κ1) is 13.0. The maximum absolute atomic E-state index is 12.1. The Labute approximate surface area is 112 Å². The summed E-state index contributed by atoms with van der Waals surface area (Å²) in [4.78, 5) is 13.2. The molecule has 0 saturated carbocycles. The predicted molar refractivity (Wildman–Crippen MR) is 80.0 cm³/mol. The van der Waals surface area contributed by atoms with Crippen molar-refractivity contribution in [1.82, 2.24) is 0 Å². The summed E-state index contributed by atoms with van der Waals surface area (Å²) in [6, 6.07) is 10.4. The smallest absolute Gasteiger partial charge is 0.163 e. The van der Waals surface area contributed by atoms with E-state index in [1.807, 2.05) is 25.1 Å². The lowest BCUT2D eigenvalue weighted by Crippen LogP contribution is -1.99. The lowest BCUT2D eigenvalue weighted by atomic mass is 10.0. The number of hydrogen-bond acceptors (Lipinski definition) is 2. The van der Waals surface area contributed by atoms with Crippen LogP contribution >= 0.6 is 11.3 Å². The quantitative estimate of drug-likeness (QED) is 0.685. The van der Waals surface area contributed by atoms with Crippen molar-refractivity contribution in [1.29, 1.82) is 0 Å². The van der Waals surface area contributed by atoms with E-state index in [9.17, 15) is 4.79 Å². The van der Waals surface area contributed by atoms with Crippen LogP contribution in [0.4, 0.5) is 0 Å². The second-order valence-electron chi connectivity index (χ2n) is 4.38. The number of rotatable bonds is 5. The summed E-state index contributed by atoms with van der Waals surface area (Å²) in [6.45, 7) is 4.06. The van der Waals surface area contributed by atoms with Crippen molar-refractivity contribution in [2.24, 2.45) is 0 Å². The molecule has 0 amide bonds. The Balaban J connectivity index is 2.30. The molecule has 2 rings (SSSR count). The summed E-state index contributed by atoms with van der Waals surface area (Å²) in [5, 5.41) is 1.22. The van der Waals surface area contributed by atoms with Crippen molar-refractivity contribution in [2.45, 2.75) is 33.1 Å². The van der Waals surface area contributed by atoms with Gasteiger partial charge in [0.1, 0.15) is 0 Å². The Bertz CT molecular complexity index is 545. The average Bonchev–Trinajstić information content (AvgIpc) is 2.80. The molecule has 0 spiro atoms. The number of allylic oxidation sites excluding steroid dienone is 2. The molecule has 0 aliphatic carbocycles. The Hall–Kier alpha value is -1.41. The van der Waals surface area contributed by atoms with Crippen molar-refractivity contribution >= 4 is 32.8 Å². The number of benzene rings is 1. The van der Waals surface area contributed by atoms with Gasteiger partial charge in [0.25, 0.3) is 0 Å². The zero-order valence-electron chi connectivity index (χ0n) is 10.9. The van der Waals surface area contributed by atoms with E-state index in [1.54, 1.807) is 11.3 Å². The van der Waals surface area contributed by atoms with Crippen LogP contribution in [-0.2, 0) is 4.79 Å². The van der Waals surface area contributed by atoms with Crippen LogP contribution in [0, 0.1) is 0 Å². The third-order valence-corrected chi connectivity index (χ3v) is 4.19. The lowest BCUT2D eigenvalue weighted by Gasteiger charge is -2.02. The molecule has 2 aromatic rings. The van der Waals surface area contributed by atoms with Gasteiger partial charge in [-0.25, -0.2) is 0 Å². The lowest BCUT2D eigenvalue weighted by molar-refractivity contribution is -0.113. The Morgan fingerprint density at radius 3 is 2.78 bits per heavy atom. The van der Waals surface area contributed by atoms with E-state index < -0.39 is 0 Å². The van der Waals surface area contributed by atoms with Crippen molar-refractivity contribution in [2.75, 3.05) is 0 Å². The molecular formula is C16H18OS. The van der Waals surface area contributed by atoms with Gasteiger partial charge in [0.2, 0.25) is 0 Å². The molecule has 1 nitrogen and oxygen atoms in total. The van der Waals surface area contributed by atoms with E-state index in [0.29, 0.717) is 6.42 Å². The SMILES string of the molecule is C/C=C(/C(=O)CCCC)c1cc2ccccc2s1. The van der Waals surface area contributed by atoms with Gasteiger partial charge in [-0.2, -0.15) is 0 Å². The molecule has 0 radical (unpaired) electrons. The number of thiophene rings is 1. The van der Waals surface area contributed by atoms with Crippen molar-refractivity contribution < 1.29 is 4.79 Å². The first-order chi connectivity index (χ1) is 8.76. The minimum atomic E-state index is 0.269. The van der Waals surface area contributed by atoms with Gasteiger partial charge in [-0.15, -0.1) is 11.3 Å². The van der Waals surface area contributed by atoms with Crippen LogP contribution in [0.1, 0.15) is 38.0 Å². The number of carbonyl (C=O) groups is 1. The fourth-order valence-corrected chi connectivity index (χ4v) is 3.18. The first-order valence-corrected chi connectivity index (χ1v) is 7.26. The third kappa shape index (κ3) is 2.70. The van der Waals surface area contributed by atoms with Gasteiger partial charge in [0, 0.05) is 21.6 Å². The van der Waals surface area contributed by atoms with Crippen molar-refractivity contribution in [3.05, 3.63) is 41.3 Å². The van der Waals surface area contributed by atoms with Gasteiger partial charge < -0.3 is 0 Å². The summed E-state index contributed by atoms with van der Waals surface area (Å²) >= 11 is 1.70. The van der Waals surface area contributed by atoms with E-state index in [2.05, 4.69) is 25.1 Å². The summed E-state index contributed by atoms with van der Waals surface area (Å²) in [5.41, 5.74) is 0.879. The molecule has 2 heteroatoms. The molecule has 0 bridgehead atoms. The van der Waals surface area contributed by atoms with Crippen molar-refractivity contribution in [3.63, 3.8) is 0 Å². The molecule has 0 saturated heterocycles. The van der Waals surface area contributed by atoms with Crippen LogP contribution < -0.4 is 0 Å². The number of carbonyl (C=O) groups excluding carboxylic acids is 1. The fraction of sp³-hybridized carbons (Fsp3) is 0.312. The van der Waals surface area contributed by atoms with Crippen molar-refractivity contribution in [3.8, 4) is 0 Å². The molecule has 94 valence electrons. The molecule has 0 aliphatic heterocycles. The number of hydrogen-bond donors (Lipinski definition) is 0. The largest absolute Gasteiger partial charge is 0.294 e. The maximum Gasteiger partial charge on any atom is 0.163 e. The molecule has 0 fully saturated rings. The van der Waals surface area contributed by atoms with Gasteiger partial charge in [-0.3, -0.25) is 4.79 Å². The second kappa shape index (κ2) is 5.96. The van der Waals surface area contributed by atoms with Gasteiger partial charge in [0.15, 0.2) is 5.78 Å². The summed E-state index contributed by atoms with van der Waals surface area (Å²) in [6.07, 6.45) is 4.64. The highest BCUT2D eigenvalue weighted by Gasteiger charge is 2.13. The second-order valence-corrected chi connectivity index (χ2v) is 5.46. The highest BCUT2D eigenvalue weighted by atomic mass is 32.1. The Kier molecular flexibility index (Phi) is 4.32. The Morgan fingerprint density at radius 2 is 2.11 bits per heavy atom. The van der Waals surface area contributed by atoms with E-state index in [4.69, 9.17) is 0 Å². The number of unbranched alkanes of at least 4 members (excludes halogenated alkanes) is 1. The molecule has 1 heterocycles. The molecule has 1 aromatic carbocycles. The molecule has 0 aliphatic rings. The molecule has 18 heavy (non-hydrogen) atoms. The molecule has 1 aromatic heterocycles. The minimum absolute atomic E-state index is 0.269. The van der Waals surface area contributed by atoms with Crippen LogP contribution in [0.25, 0.3) is 15.7 Å². The fourth-order valence-electron chi connectivity index (χ4n) is 2.03. The topological polar surface area (TPSA) is 17.1 Å². The predicted octanol–water partition coefficient (Wildman–Crippen LogP) is 5.06. The zero-order valence-corrected chi connectivity index (χ0v) is 11.7. The highest BCUT2D eigenvalue weighted by molar-refractivity contribution is 7.20. The third-order valence-electron chi connectivity index (χ3n) is 3.04. The normalized spacial score (nSPS) is 12.0. The average molecular weight is 258 g/mol. The Morgan fingerprint density at radius 1 is 1.33 bits per heavy atom. The monoisotopic (exact) mass is 258 g/mol. The molecule has 0 atom stereocenters. The van der Waals surface area contributed by atoms with E-state index >= 15 is 0 Å². The standard InChI is InChI=1S/C16H18OS/c1-3-5-9-14(17)13(4-2)16-11-12-8-6-7-10-15(12)18-16/h4,6-8,10-11H,3,5,9H2,1-2H3/b13-4-. The molecule has 0 unspecified atom stereocenters. The van der Waals surface area contributed by atoms with Crippen LogP contribution in [0.15, 0.2) is 36.4 Å². The molecule has 0 N–H and O–H groups in total. The molecular weight excluding hydrogens is 240 g/mol. The van der Waals surface area contributed by atoms with Gasteiger partial charge in [0.05, 0.1) is 0 Å². The van der Waals surface area contributed by atoms with Crippen LogP contribution in [0.5, 0.6) is 0 Å². The minimum Gasteiger partial charge on any atom is -0.294 e.